The molecule has 1 aromatic rings. The molecule has 0 saturated carbocycles. The van der Waals surface area contributed by atoms with Gasteiger partial charge in [-0.2, -0.15) is 5.21 Å². The summed E-state index contributed by atoms with van der Waals surface area (Å²) in [6.07, 6.45) is 0. The molecule has 0 atom stereocenters. The van der Waals surface area contributed by atoms with Crippen LogP contribution < -0.4 is 5.73 Å². The maximum Gasteiger partial charge on any atom is 0.362 e. The molecule has 10 heavy (non-hydrogen) atoms. The Labute approximate surface area is 56.4 Å². The predicted molar refractivity (Wildman–Crippen MR) is 32.1 cm³/mol. The van der Waals surface area contributed by atoms with Gasteiger partial charge in [-0.1, -0.05) is 0 Å². The molecule has 0 fully saturated rings. The third-order valence-electron chi connectivity index (χ3n) is 0.954. The second kappa shape index (κ2) is 2.34. The summed E-state index contributed by atoms with van der Waals surface area (Å²) in [7, 11) is 1.25. The zero-order valence-corrected chi connectivity index (χ0v) is 5.29. The van der Waals surface area contributed by atoms with Crippen LogP contribution in [0.3, 0.4) is 0 Å². The molecule has 0 saturated heterocycles. The number of hydrogen-bond donors (Lipinski definition) is 2. The molecule has 0 aliphatic carbocycles. The Bertz CT molecular complexity index is 243. The normalized spacial score (nSPS) is 9.30. The second-order valence-corrected chi connectivity index (χ2v) is 1.55. The summed E-state index contributed by atoms with van der Waals surface area (Å²) in [4.78, 5) is 10.7. The van der Waals surface area contributed by atoms with Crippen LogP contribution in [-0.4, -0.2) is 28.5 Å². The molecule has 1 rings (SSSR count). The molecular formula is C4H6N4O2. The van der Waals surface area contributed by atoms with E-state index in [1.54, 1.807) is 0 Å². The number of carbonyl (C=O) groups is 1. The zero-order chi connectivity index (χ0) is 7.56. The Kier molecular flexibility index (Phi) is 1.53. The lowest BCUT2D eigenvalue weighted by atomic mass is 10.4. The first-order valence-corrected chi connectivity index (χ1v) is 2.50. The quantitative estimate of drug-likeness (QED) is 0.499. The number of methoxy groups -OCH3 is 1. The Balaban J connectivity index is 2.93. The van der Waals surface area contributed by atoms with Crippen LogP contribution in [0, 0.1) is 0 Å². The Hall–Kier alpha value is -1.59. The van der Waals surface area contributed by atoms with Crippen LogP contribution in [0.2, 0.25) is 0 Å². The van der Waals surface area contributed by atoms with Gasteiger partial charge in [-0.15, -0.1) is 10.2 Å². The van der Waals surface area contributed by atoms with Gasteiger partial charge in [0.1, 0.15) is 0 Å². The van der Waals surface area contributed by atoms with Gasteiger partial charge in [-0.3, -0.25) is 0 Å². The monoisotopic (exact) mass is 142 g/mol. The van der Waals surface area contributed by atoms with Crippen molar-refractivity contribution < 1.29 is 9.53 Å². The second-order valence-electron chi connectivity index (χ2n) is 1.55. The molecule has 0 aliphatic heterocycles. The first-order valence-electron chi connectivity index (χ1n) is 2.50. The van der Waals surface area contributed by atoms with Crippen molar-refractivity contribution in [1.82, 2.24) is 15.4 Å². The van der Waals surface area contributed by atoms with E-state index in [9.17, 15) is 4.79 Å². The van der Waals surface area contributed by atoms with E-state index < -0.39 is 5.97 Å². The van der Waals surface area contributed by atoms with Crippen molar-refractivity contribution in [1.29, 1.82) is 0 Å². The van der Waals surface area contributed by atoms with Crippen LogP contribution in [0.15, 0.2) is 0 Å². The summed E-state index contributed by atoms with van der Waals surface area (Å²) in [5, 5.41) is 9.06. The van der Waals surface area contributed by atoms with Crippen LogP contribution in [0.25, 0.3) is 0 Å². The third kappa shape index (κ3) is 0.903. The van der Waals surface area contributed by atoms with E-state index in [2.05, 4.69) is 20.1 Å². The summed E-state index contributed by atoms with van der Waals surface area (Å²) in [5.41, 5.74) is 5.23. The fourth-order valence-corrected chi connectivity index (χ4v) is 0.486. The maximum absolute atomic E-state index is 10.7. The van der Waals surface area contributed by atoms with Gasteiger partial charge in [-0.25, -0.2) is 4.79 Å². The average Bonchev–Trinajstić information content (AvgIpc) is 2.34. The van der Waals surface area contributed by atoms with E-state index in [1.807, 2.05) is 0 Å². The van der Waals surface area contributed by atoms with Crippen LogP contribution in [0.1, 0.15) is 10.5 Å². The average molecular weight is 142 g/mol. The molecule has 1 aromatic heterocycles. The third-order valence-corrected chi connectivity index (χ3v) is 0.954. The van der Waals surface area contributed by atoms with Gasteiger partial charge in [0, 0.05) is 0 Å². The maximum atomic E-state index is 10.7. The number of nitrogens with zero attached hydrogens (tertiary/aromatic N) is 2. The lowest BCUT2D eigenvalue weighted by Crippen LogP contribution is -2.04. The molecule has 0 amide bonds. The van der Waals surface area contributed by atoms with Gasteiger partial charge in [0.05, 0.1) is 7.11 Å². The Morgan fingerprint density at radius 1 is 1.70 bits per heavy atom. The highest BCUT2D eigenvalue weighted by molar-refractivity contribution is 5.91. The number of aromatic amines is 1. The van der Waals surface area contributed by atoms with E-state index in [0.717, 1.165) is 0 Å². The van der Waals surface area contributed by atoms with E-state index in [-0.39, 0.29) is 11.5 Å². The van der Waals surface area contributed by atoms with Gasteiger partial charge in [0.25, 0.3) is 0 Å². The molecule has 6 nitrogen and oxygen atoms in total. The molecule has 1 heterocycles. The number of rotatable bonds is 1. The summed E-state index contributed by atoms with van der Waals surface area (Å²) < 4.78 is 4.33. The molecular weight excluding hydrogens is 136 g/mol. The van der Waals surface area contributed by atoms with Crippen molar-refractivity contribution >= 4 is 11.8 Å². The highest BCUT2D eigenvalue weighted by Gasteiger charge is 2.13. The van der Waals surface area contributed by atoms with Crippen molar-refractivity contribution in [3.8, 4) is 0 Å². The summed E-state index contributed by atoms with van der Waals surface area (Å²) in [5.74, 6) is -0.543. The fourth-order valence-electron chi connectivity index (χ4n) is 0.486. The van der Waals surface area contributed by atoms with Gasteiger partial charge in [-0.05, 0) is 0 Å². The Morgan fingerprint density at radius 3 is 2.80 bits per heavy atom. The largest absolute Gasteiger partial charge is 0.464 e. The summed E-state index contributed by atoms with van der Waals surface area (Å²) in [6.45, 7) is 0. The van der Waals surface area contributed by atoms with E-state index in [0.29, 0.717) is 0 Å². The number of esters is 1. The Morgan fingerprint density at radius 2 is 2.40 bits per heavy atom. The molecule has 6 heteroatoms. The first-order chi connectivity index (χ1) is 4.75. The SMILES string of the molecule is COC(=O)c1n[nH]nc1N. The number of carbonyl (C=O) groups excluding carboxylic acids is 1. The molecule has 0 spiro atoms. The smallest absolute Gasteiger partial charge is 0.362 e. The zero-order valence-electron chi connectivity index (χ0n) is 5.29. The van der Waals surface area contributed by atoms with Crippen molar-refractivity contribution in [3.05, 3.63) is 5.69 Å². The van der Waals surface area contributed by atoms with Crippen LogP contribution in [-0.2, 0) is 4.74 Å². The summed E-state index contributed by atoms with van der Waals surface area (Å²) >= 11 is 0. The molecule has 3 N–H and O–H groups in total. The highest BCUT2D eigenvalue weighted by atomic mass is 16.5. The topological polar surface area (TPSA) is 93.9 Å². The van der Waals surface area contributed by atoms with E-state index >= 15 is 0 Å². The van der Waals surface area contributed by atoms with Crippen molar-refractivity contribution in [2.45, 2.75) is 0 Å². The molecule has 0 aliphatic rings. The molecule has 0 unspecified atom stereocenters. The number of nitrogens with two attached hydrogens (primary N) is 1. The fraction of sp³-hybridized carbons (Fsp3) is 0.250. The number of nitrogen functional groups attached to an aromatic ring is 1. The molecule has 0 aromatic carbocycles. The number of ether oxygens (including phenoxy) is 1. The number of H-pyrrole nitrogens is 1. The number of nitrogens with one attached hydrogen (secondary N) is 1. The van der Waals surface area contributed by atoms with Gasteiger partial charge < -0.3 is 10.5 Å². The van der Waals surface area contributed by atoms with E-state index in [4.69, 9.17) is 5.73 Å². The lowest BCUT2D eigenvalue weighted by molar-refractivity contribution is 0.0595. The van der Waals surface area contributed by atoms with Crippen molar-refractivity contribution in [3.63, 3.8) is 0 Å². The van der Waals surface area contributed by atoms with Crippen molar-refractivity contribution in [2.75, 3.05) is 12.8 Å². The summed E-state index contributed by atoms with van der Waals surface area (Å²) in [6, 6.07) is 0. The first kappa shape index (κ1) is 6.53. The molecule has 0 radical (unpaired) electrons. The molecule has 54 valence electrons. The minimum atomic E-state index is -0.591. The molecule has 0 bridgehead atoms. The number of anilines is 1. The van der Waals surface area contributed by atoms with Crippen LogP contribution >= 0.6 is 0 Å². The highest BCUT2D eigenvalue weighted by Crippen LogP contribution is 2.02. The number of hydrogen-bond acceptors (Lipinski definition) is 5. The van der Waals surface area contributed by atoms with Gasteiger partial charge >= 0.3 is 5.97 Å². The predicted octanol–water partition coefficient (Wildman–Crippen LogP) is -0.827. The van der Waals surface area contributed by atoms with Gasteiger partial charge in [0.15, 0.2) is 5.82 Å². The standard InChI is InChI=1S/C4H6N4O2/c1-10-4(9)2-3(5)7-8-6-2/h1H3,(H3,5,6,7,8). The van der Waals surface area contributed by atoms with Crippen molar-refractivity contribution in [2.24, 2.45) is 0 Å². The minimum absolute atomic E-state index is 0.0162. The van der Waals surface area contributed by atoms with Crippen LogP contribution in [0.4, 0.5) is 5.82 Å². The lowest BCUT2D eigenvalue weighted by Gasteiger charge is -1.91. The van der Waals surface area contributed by atoms with E-state index in [1.165, 1.54) is 7.11 Å². The number of aromatic nitrogens is 3. The van der Waals surface area contributed by atoms with Gasteiger partial charge in [0.2, 0.25) is 5.69 Å². The minimum Gasteiger partial charge on any atom is -0.464 e. The van der Waals surface area contributed by atoms with Crippen LogP contribution in [0.5, 0.6) is 0 Å².